The fraction of sp³-hybridized carbons (Fsp3) is 0.212. The third-order valence-electron chi connectivity index (χ3n) is 6.62. The van der Waals surface area contributed by atoms with Crippen LogP contribution in [0.25, 0.3) is 0 Å². The monoisotopic (exact) mass is 539 g/mol. The van der Waals surface area contributed by atoms with Crippen molar-refractivity contribution >= 4 is 17.6 Å². The van der Waals surface area contributed by atoms with Crippen molar-refractivity contribution in [2.75, 3.05) is 32.7 Å². The minimum absolute atomic E-state index is 0.396. The van der Waals surface area contributed by atoms with Crippen molar-refractivity contribution in [2.45, 2.75) is 20.3 Å². The summed E-state index contributed by atoms with van der Waals surface area (Å²) < 4.78 is 22.2. The number of carbonyl (C=O) groups excluding carboxylic acids is 2. The van der Waals surface area contributed by atoms with Gasteiger partial charge in [0.15, 0.2) is 0 Å². The Balaban J connectivity index is 1.32. The van der Waals surface area contributed by atoms with Gasteiger partial charge < -0.3 is 23.8 Å². The summed E-state index contributed by atoms with van der Waals surface area (Å²) in [6.07, 6.45) is 0.779. The molecule has 4 rings (SSSR count). The molecule has 0 aromatic heterocycles. The van der Waals surface area contributed by atoms with Gasteiger partial charge in [-0.05, 0) is 103 Å². The van der Waals surface area contributed by atoms with Crippen LogP contribution in [0.4, 0.5) is 5.69 Å². The molecule has 0 saturated heterocycles. The summed E-state index contributed by atoms with van der Waals surface area (Å²) in [7, 11) is 5.59. The Kier molecular flexibility index (Phi) is 9.07. The van der Waals surface area contributed by atoms with Crippen molar-refractivity contribution in [2.24, 2.45) is 0 Å². The van der Waals surface area contributed by atoms with Crippen LogP contribution in [-0.2, 0) is 6.42 Å². The fourth-order valence-electron chi connectivity index (χ4n) is 3.97. The zero-order chi connectivity index (χ0) is 28.6. The van der Waals surface area contributed by atoms with Gasteiger partial charge in [0, 0.05) is 26.2 Å². The molecule has 0 bridgehead atoms. The number of hydrogen-bond acceptors (Lipinski definition) is 7. The average Bonchev–Trinajstić information content (AvgIpc) is 2.97. The van der Waals surface area contributed by atoms with Gasteiger partial charge in [0.05, 0.1) is 24.8 Å². The van der Waals surface area contributed by atoms with Crippen molar-refractivity contribution in [1.29, 1.82) is 0 Å². The van der Waals surface area contributed by atoms with Crippen LogP contribution in [0.5, 0.6) is 23.0 Å². The highest BCUT2D eigenvalue weighted by Gasteiger charge is 2.16. The first kappa shape index (κ1) is 28.2. The lowest BCUT2D eigenvalue weighted by molar-refractivity contribution is 0.0717. The number of ether oxygens (including phenoxy) is 4. The Labute approximate surface area is 234 Å². The fourth-order valence-corrected chi connectivity index (χ4v) is 3.97. The molecule has 0 unspecified atom stereocenters. The quantitative estimate of drug-likeness (QED) is 0.170. The molecule has 0 aliphatic carbocycles. The Morgan fingerprint density at radius 2 is 1.12 bits per heavy atom. The van der Waals surface area contributed by atoms with Crippen molar-refractivity contribution < 1.29 is 28.5 Å². The molecule has 7 heteroatoms. The summed E-state index contributed by atoms with van der Waals surface area (Å²) >= 11 is 0. The van der Waals surface area contributed by atoms with Crippen molar-refractivity contribution in [3.05, 3.63) is 113 Å². The number of methoxy groups -OCH3 is 1. The summed E-state index contributed by atoms with van der Waals surface area (Å²) in [5.74, 6) is 1.15. The van der Waals surface area contributed by atoms with E-state index in [1.165, 1.54) is 5.56 Å². The van der Waals surface area contributed by atoms with Crippen molar-refractivity contribution in [1.82, 2.24) is 0 Å². The smallest absolute Gasteiger partial charge is 0.343 e. The van der Waals surface area contributed by atoms with Gasteiger partial charge in [-0.3, -0.25) is 0 Å². The molecule has 0 fully saturated rings. The van der Waals surface area contributed by atoms with Crippen LogP contribution in [0.15, 0.2) is 84.9 Å². The number of rotatable bonds is 10. The minimum atomic E-state index is -0.488. The Bertz CT molecular complexity index is 1460. The number of esters is 2. The molecule has 206 valence electrons. The summed E-state index contributed by atoms with van der Waals surface area (Å²) in [5, 5.41) is 0. The predicted molar refractivity (Wildman–Crippen MR) is 155 cm³/mol. The van der Waals surface area contributed by atoms with Gasteiger partial charge in [-0.2, -0.15) is 0 Å². The van der Waals surface area contributed by atoms with E-state index in [1.54, 1.807) is 67.8 Å². The molecule has 0 aliphatic rings. The maximum absolute atomic E-state index is 12.8. The standard InChI is InChI=1S/C33H33NO6/c1-22-23(2)31(19-18-30(22)39-32(35)25-8-14-28(37-5)15-9-25)40-33(36)26-10-16-29(17-11-26)38-21-20-24-6-12-27(13-7-24)34(3)4/h6-19H,20-21H2,1-5H3. The van der Waals surface area contributed by atoms with Gasteiger partial charge in [-0.25, -0.2) is 9.59 Å². The summed E-state index contributed by atoms with van der Waals surface area (Å²) in [6.45, 7) is 4.15. The molecule has 4 aromatic rings. The SMILES string of the molecule is COc1ccc(C(=O)Oc2ccc(OC(=O)c3ccc(OCCc4ccc(N(C)C)cc4)cc3)c(C)c2C)cc1. The van der Waals surface area contributed by atoms with Crippen LogP contribution in [0, 0.1) is 13.8 Å². The lowest BCUT2D eigenvalue weighted by Gasteiger charge is -2.14. The molecule has 0 amide bonds. The van der Waals surface area contributed by atoms with E-state index in [4.69, 9.17) is 18.9 Å². The molecular weight excluding hydrogens is 506 g/mol. The highest BCUT2D eigenvalue weighted by molar-refractivity contribution is 5.92. The first-order chi connectivity index (χ1) is 19.2. The lowest BCUT2D eigenvalue weighted by Crippen LogP contribution is -2.12. The molecule has 40 heavy (non-hydrogen) atoms. The second-order valence-electron chi connectivity index (χ2n) is 9.50. The van der Waals surface area contributed by atoms with Gasteiger partial charge in [0.1, 0.15) is 23.0 Å². The number of anilines is 1. The van der Waals surface area contributed by atoms with E-state index >= 15 is 0 Å². The van der Waals surface area contributed by atoms with Gasteiger partial charge >= 0.3 is 11.9 Å². The van der Waals surface area contributed by atoms with Crippen LogP contribution >= 0.6 is 0 Å². The second kappa shape index (κ2) is 12.8. The molecule has 7 nitrogen and oxygen atoms in total. The van der Waals surface area contributed by atoms with Gasteiger partial charge in [-0.1, -0.05) is 12.1 Å². The van der Waals surface area contributed by atoms with Crippen LogP contribution in [0.1, 0.15) is 37.4 Å². The number of hydrogen-bond donors (Lipinski definition) is 0. The highest BCUT2D eigenvalue weighted by Crippen LogP contribution is 2.30. The normalized spacial score (nSPS) is 10.5. The van der Waals surface area contributed by atoms with Crippen LogP contribution < -0.4 is 23.8 Å². The van der Waals surface area contributed by atoms with E-state index in [-0.39, 0.29) is 0 Å². The first-order valence-corrected chi connectivity index (χ1v) is 12.9. The maximum Gasteiger partial charge on any atom is 0.343 e. The predicted octanol–water partition coefficient (Wildman–Crippen LogP) is 6.44. The number of benzene rings is 4. The Hall–Kier alpha value is -4.78. The highest BCUT2D eigenvalue weighted by atomic mass is 16.5. The molecule has 0 heterocycles. The second-order valence-corrected chi connectivity index (χ2v) is 9.50. The average molecular weight is 540 g/mol. The van der Waals surface area contributed by atoms with Crippen LogP contribution in [0.3, 0.4) is 0 Å². The zero-order valence-electron chi connectivity index (χ0n) is 23.4. The van der Waals surface area contributed by atoms with E-state index in [1.807, 2.05) is 27.9 Å². The minimum Gasteiger partial charge on any atom is -0.497 e. The van der Waals surface area contributed by atoms with Gasteiger partial charge in [0.25, 0.3) is 0 Å². The van der Waals surface area contributed by atoms with Crippen molar-refractivity contribution in [3.63, 3.8) is 0 Å². The van der Waals surface area contributed by atoms with E-state index in [0.29, 0.717) is 51.9 Å². The van der Waals surface area contributed by atoms with Crippen LogP contribution in [-0.4, -0.2) is 39.8 Å². The van der Waals surface area contributed by atoms with Crippen molar-refractivity contribution in [3.8, 4) is 23.0 Å². The molecule has 0 saturated carbocycles. The third kappa shape index (κ3) is 6.99. The zero-order valence-corrected chi connectivity index (χ0v) is 23.4. The van der Waals surface area contributed by atoms with Crippen LogP contribution in [0.2, 0.25) is 0 Å². The molecule has 0 spiro atoms. The number of carbonyl (C=O) groups is 2. The van der Waals surface area contributed by atoms with E-state index in [9.17, 15) is 9.59 Å². The summed E-state index contributed by atoms with van der Waals surface area (Å²) in [6, 6.07) is 25.1. The third-order valence-corrected chi connectivity index (χ3v) is 6.62. The van der Waals surface area contributed by atoms with E-state index in [2.05, 4.69) is 29.2 Å². The molecule has 0 N–H and O–H groups in total. The van der Waals surface area contributed by atoms with Gasteiger partial charge in [0.2, 0.25) is 0 Å². The molecule has 0 atom stereocenters. The Morgan fingerprint density at radius 1 is 0.650 bits per heavy atom. The molecule has 4 aromatic carbocycles. The lowest BCUT2D eigenvalue weighted by atomic mass is 10.1. The summed E-state index contributed by atoms with van der Waals surface area (Å²) in [4.78, 5) is 27.4. The molecule has 0 aliphatic heterocycles. The number of nitrogens with zero attached hydrogens (tertiary/aromatic N) is 1. The maximum atomic E-state index is 12.8. The Morgan fingerprint density at radius 3 is 1.57 bits per heavy atom. The molecule has 0 radical (unpaired) electrons. The van der Waals surface area contributed by atoms with Gasteiger partial charge in [-0.15, -0.1) is 0 Å². The first-order valence-electron chi connectivity index (χ1n) is 12.9. The van der Waals surface area contributed by atoms with E-state index < -0.39 is 11.9 Å². The summed E-state index contributed by atoms with van der Waals surface area (Å²) in [5.41, 5.74) is 4.55. The topological polar surface area (TPSA) is 74.3 Å². The molecular formula is C33H33NO6. The van der Waals surface area contributed by atoms with E-state index in [0.717, 1.165) is 12.1 Å². The largest absolute Gasteiger partial charge is 0.497 e.